The van der Waals surface area contributed by atoms with Crippen molar-refractivity contribution in [3.05, 3.63) is 35.9 Å². The smallest absolute Gasteiger partial charge is 0.246 e. The number of aliphatic hydroxyl groups is 1. The number of piperidine rings is 1. The van der Waals surface area contributed by atoms with Crippen LogP contribution in [0.15, 0.2) is 30.3 Å². The number of unbranched alkanes of at least 4 members (excludes halogenated alkanes) is 2. The Labute approximate surface area is 243 Å². The number of Topliss-reactive ketones (excluding diaryl/α,β-unsaturated/α-hetero) is 1. The van der Waals surface area contributed by atoms with E-state index in [1.165, 1.54) is 6.92 Å². The standard InChI is InChI=1S/C31H46N4O6/c1-4-20(2)27-31(41)35-18-12-11-16-25(35)30(40)32-23(15-9-6-10-17-26(37)21(3)36)28(38)33-24(29(39)34-27)19-22-13-7-5-8-14-22/h5,7-8,13-14,20-21,23-25,27,36H,4,6,9-12,15-19H2,1-3H3,(H,32,40)(H,33,38)(H,34,39)/t20-,21-,23-,24-,25-,27-/m0/s1. The van der Waals surface area contributed by atoms with Crippen molar-refractivity contribution in [3.63, 3.8) is 0 Å². The summed E-state index contributed by atoms with van der Waals surface area (Å²) in [6, 6.07) is 5.98. The van der Waals surface area contributed by atoms with Crippen LogP contribution >= 0.6 is 0 Å². The molecule has 1 aromatic carbocycles. The van der Waals surface area contributed by atoms with Gasteiger partial charge in [0.1, 0.15) is 30.3 Å². The fourth-order valence-electron chi connectivity index (χ4n) is 5.48. The summed E-state index contributed by atoms with van der Waals surface area (Å²) in [5.41, 5.74) is 0.853. The molecule has 0 radical (unpaired) electrons. The molecule has 0 spiro atoms. The van der Waals surface area contributed by atoms with Gasteiger partial charge in [0.15, 0.2) is 5.78 Å². The highest BCUT2D eigenvalue weighted by atomic mass is 16.3. The van der Waals surface area contributed by atoms with Crippen molar-refractivity contribution in [3.8, 4) is 0 Å². The van der Waals surface area contributed by atoms with Crippen molar-refractivity contribution in [2.24, 2.45) is 5.92 Å². The Balaban J connectivity index is 1.87. The predicted octanol–water partition coefficient (Wildman–Crippen LogP) is 2.02. The maximum atomic E-state index is 13.8. The normalized spacial score (nSPS) is 25.5. The summed E-state index contributed by atoms with van der Waals surface area (Å²) in [4.78, 5) is 68.0. The molecular formula is C31H46N4O6. The second-order valence-corrected chi connectivity index (χ2v) is 11.5. The number of rotatable bonds is 11. The van der Waals surface area contributed by atoms with Gasteiger partial charge >= 0.3 is 0 Å². The Bertz CT molecular complexity index is 1060. The summed E-state index contributed by atoms with van der Waals surface area (Å²) in [5.74, 6) is -1.91. The topological polar surface area (TPSA) is 145 Å². The molecule has 2 fully saturated rings. The number of ketones is 1. The van der Waals surface area contributed by atoms with E-state index in [0.29, 0.717) is 45.1 Å². The quantitative estimate of drug-likeness (QED) is 0.300. The second-order valence-electron chi connectivity index (χ2n) is 11.5. The predicted molar refractivity (Wildman–Crippen MR) is 155 cm³/mol. The van der Waals surface area contributed by atoms with E-state index in [1.54, 1.807) is 4.90 Å². The average molecular weight is 571 g/mol. The van der Waals surface area contributed by atoms with Gasteiger partial charge in [0.2, 0.25) is 23.6 Å². The first-order valence-corrected chi connectivity index (χ1v) is 15.1. The minimum atomic E-state index is -1.000. The van der Waals surface area contributed by atoms with E-state index < -0.39 is 42.1 Å². The van der Waals surface area contributed by atoms with E-state index >= 15 is 0 Å². The number of nitrogens with zero attached hydrogens (tertiary/aromatic N) is 1. The zero-order valence-electron chi connectivity index (χ0n) is 24.6. The molecule has 41 heavy (non-hydrogen) atoms. The van der Waals surface area contributed by atoms with Gasteiger partial charge in [0.25, 0.3) is 0 Å². The van der Waals surface area contributed by atoms with E-state index in [2.05, 4.69) is 16.0 Å². The number of amides is 4. The molecule has 0 aliphatic carbocycles. The Morgan fingerprint density at radius 3 is 2.29 bits per heavy atom. The summed E-state index contributed by atoms with van der Waals surface area (Å²) >= 11 is 0. The van der Waals surface area contributed by atoms with Crippen LogP contribution < -0.4 is 16.0 Å². The molecule has 3 rings (SSSR count). The van der Waals surface area contributed by atoms with Crippen LogP contribution in [0.5, 0.6) is 0 Å². The fourth-order valence-corrected chi connectivity index (χ4v) is 5.48. The molecule has 2 saturated heterocycles. The van der Waals surface area contributed by atoms with Gasteiger partial charge in [-0.05, 0) is 50.5 Å². The van der Waals surface area contributed by atoms with Crippen molar-refractivity contribution >= 4 is 29.4 Å². The molecule has 6 atom stereocenters. The van der Waals surface area contributed by atoms with E-state index in [-0.39, 0.29) is 36.4 Å². The zero-order valence-corrected chi connectivity index (χ0v) is 24.6. The van der Waals surface area contributed by atoms with Crippen LogP contribution in [0.4, 0.5) is 0 Å². The molecule has 0 aromatic heterocycles. The SMILES string of the molecule is CC[C@H](C)[C@@H]1NC(=O)[C@H](Cc2ccccc2)NC(=O)[C@H](CCCCCC(=O)[C@H](C)O)NC(=O)[C@@H]2CCCCN2C1=O. The largest absolute Gasteiger partial charge is 0.386 e. The van der Waals surface area contributed by atoms with Crippen molar-refractivity contribution in [1.82, 2.24) is 20.9 Å². The van der Waals surface area contributed by atoms with Gasteiger partial charge in [-0.2, -0.15) is 0 Å². The number of benzene rings is 1. The molecule has 4 amide bonds. The van der Waals surface area contributed by atoms with Gasteiger partial charge in [0, 0.05) is 19.4 Å². The first-order valence-electron chi connectivity index (χ1n) is 15.1. The first-order chi connectivity index (χ1) is 19.6. The Hall–Kier alpha value is -3.27. The Kier molecular flexibility index (Phi) is 12.3. The van der Waals surface area contributed by atoms with E-state index in [9.17, 15) is 29.1 Å². The highest BCUT2D eigenvalue weighted by Crippen LogP contribution is 2.22. The molecule has 4 N–H and O–H groups in total. The van der Waals surface area contributed by atoms with Crippen LogP contribution in [0, 0.1) is 5.92 Å². The second kappa shape index (κ2) is 15.7. The number of hydrogen-bond donors (Lipinski definition) is 4. The number of carbonyl (C=O) groups is 5. The number of aliphatic hydroxyl groups excluding tert-OH is 1. The van der Waals surface area contributed by atoms with E-state index in [0.717, 1.165) is 18.4 Å². The summed E-state index contributed by atoms with van der Waals surface area (Å²) in [7, 11) is 0. The molecule has 10 heteroatoms. The third-order valence-corrected chi connectivity index (χ3v) is 8.30. The van der Waals surface area contributed by atoms with Crippen molar-refractivity contribution in [2.45, 2.75) is 115 Å². The maximum Gasteiger partial charge on any atom is 0.246 e. The van der Waals surface area contributed by atoms with Gasteiger partial charge in [-0.3, -0.25) is 24.0 Å². The van der Waals surface area contributed by atoms with Crippen molar-refractivity contribution < 1.29 is 29.1 Å². The summed E-state index contributed by atoms with van der Waals surface area (Å²) in [6.07, 6.45) is 4.25. The molecule has 226 valence electrons. The van der Waals surface area contributed by atoms with Crippen LogP contribution in [0.2, 0.25) is 0 Å². The minimum Gasteiger partial charge on any atom is -0.386 e. The monoisotopic (exact) mass is 570 g/mol. The Morgan fingerprint density at radius 1 is 0.927 bits per heavy atom. The number of carbonyl (C=O) groups excluding carboxylic acids is 5. The number of hydrogen-bond acceptors (Lipinski definition) is 6. The molecule has 1 aromatic rings. The summed E-state index contributed by atoms with van der Waals surface area (Å²) in [6.45, 7) is 5.72. The van der Waals surface area contributed by atoms with Crippen LogP contribution in [0.1, 0.15) is 84.1 Å². The zero-order chi connectivity index (χ0) is 29.9. The molecule has 2 aliphatic rings. The summed E-state index contributed by atoms with van der Waals surface area (Å²) in [5, 5.41) is 18.1. The third-order valence-electron chi connectivity index (χ3n) is 8.30. The first kappa shape index (κ1) is 32.2. The van der Waals surface area contributed by atoms with Gasteiger partial charge in [-0.1, -0.05) is 63.4 Å². The highest BCUT2D eigenvalue weighted by molar-refractivity contribution is 5.97. The lowest BCUT2D eigenvalue weighted by atomic mass is 9.93. The lowest BCUT2D eigenvalue weighted by Gasteiger charge is -2.39. The van der Waals surface area contributed by atoms with Gasteiger partial charge in [0.05, 0.1) is 0 Å². The Morgan fingerprint density at radius 2 is 1.61 bits per heavy atom. The third kappa shape index (κ3) is 9.11. The van der Waals surface area contributed by atoms with E-state index in [1.807, 2.05) is 44.2 Å². The van der Waals surface area contributed by atoms with Crippen LogP contribution in [0.3, 0.4) is 0 Å². The molecule has 0 saturated carbocycles. The van der Waals surface area contributed by atoms with Crippen LogP contribution in [0.25, 0.3) is 0 Å². The van der Waals surface area contributed by atoms with Gasteiger partial charge in [-0.25, -0.2) is 0 Å². The van der Waals surface area contributed by atoms with E-state index in [4.69, 9.17) is 0 Å². The number of fused-ring (bicyclic) bond motifs is 1. The lowest BCUT2D eigenvalue weighted by molar-refractivity contribution is -0.147. The minimum absolute atomic E-state index is 0.165. The molecular weight excluding hydrogens is 524 g/mol. The molecule has 10 nitrogen and oxygen atoms in total. The molecule has 2 heterocycles. The lowest BCUT2D eigenvalue weighted by Crippen LogP contribution is -2.64. The molecule has 0 bridgehead atoms. The van der Waals surface area contributed by atoms with Gasteiger partial charge in [-0.15, -0.1) is 0 Å². The summed E-state index contributed by atoms with van der Waals surface area (Å²) < 4.78 is 0. The number of nitrogens with one attached hydrogen (secondary N) is 3. The van der Waals surface area contributed by atoms with Crippen LogP contribution in [-0.2, 0) is 30.4 Å². The van der Waals surface area contributed by atoms with Crippen molar-refractivity contribution in [1.29, 1.82) is 0 Å². The molecule has 2 aliphatic heterocycles. The van der Waals surface area contributed by atoms with Gasteiger partial charge < -0.3 is 26.0 Å². The van der Waals surface area contributed by atoms with Crippen LogP contribution in [-0.4, -0.2) is 76.2 Å². The maximum absolute atomic E-state index is 13.8. The average Bonchev–Trinajstić information content (AvgIpc) is 2.97. The molecule has 0 unspecified atom stereocenters. The van der Waals surface area contributed by atoms with Crippen molar-refractivity contribution in [2.75, 3.05) is 6.54 Å². The fraction of sp³-hybridized carbons (Fsp3) is 0.645. The highest BCUT2D eigenvalue weighted by Gasteiger charge is 2.40.